The van der Waals surface area contributed by atoms with Crippen LogP contribution in [0.25, 0.3) is 10.2 Å². The molecule has 21 heavy (non-hydrogen) atoms. The summed E-state index contributed by atoms with van der Waals surface area (Å²) < 4.78 is 22.3. The van der Waals surface area contributed by atoms with Crippen molar-refractivity contribution in [2.75, 3.05) is 35.7 Å². The first-order valence-corrected chi connectivity index (χ1v) is 9.70. The molecule has 2 aromatic rings. The second-order valence-electron chi connectivity index (χ2n) is 4.91. The predicted octanol–water partition coefficient (Wildman–Crippen LogP) is 2.28. The molecule has 2 N–H and O–H groups in total. The van der Waals surface area contributed by atoms with Gasteiger partial charge in [-0.15, -0.1) is 11.3 Å². The molecule has 2 rings (SSSR count). The van der Waals surface area contributed by atoms with E-state index in [1.165, 1.54) is 11.1 Å². The van der Waals surface area contributed by atoms with Crippen LogP contribution in [0.15, 0.2) is 6.07 Å². The topological polar surface area (TPSA) is 84.0 Å². The number of nitrogens with one attached hydrogen (secondary N) is 2. The van der Waals surface area contributed by atoms with Gasteiger partial charge >= 0.3 is 0 Å². The monoisotopic (exact) mass is 328 g/mol. The van der Waals surface area contributed by atoms with Crippen molar-refractivity contribution in [3.63, 3.8) is 0 Å². The summed E-state index contributed by atoms with van der Waals surface area (Å²) in [6.45, 7) is 5.35. The van der Waals surface area contributed by atoms with Gasteiger partial charge in [0.05, 0.1) is 11.1 Å². The van der Waals surface area contributed by atoms with Crippen LogP contribution in [0.2, 0.25) is 0 Å². The third kappa shape index (κ3) is 4.53. The number of sulfone groups is 1. The smallest absolute Gasteiger partial charge is 0.226 e. The molecular formula is C13H20N4O2S2. The van der Waals surface area contributed by atoms with E-state index in [1.54, 1.807) is 11.3 Å². The molecule has 0 aliphatic rings. The number of fused-ring (bicyclic) bond motifs is 1. The molecule has 0 saturated carbocycles. The van der Waals surface area contributed by atoms with E-state index in [4.69, 9.17) is 0 Å². The molecule has 6 nitrogen and oxygen atoms in total. The maximum Gasteiger partial charge on any atom is 0.226 e. The summed E-state index contributed by atoms with van der Waals surface area (Å²) in [5.41, 5.74) is 0. The van der Waals surface area contributed by atoms with Gasteiger partial charge in [-0.3, -0.25) is 0 Å². The second-order valence-corrected chi connectivity index (χ2v) is 8.41. The Balaban J connectivity index is 2.16. The fourth-order valence-corrected chi connectivity index (χ4v) is 3.50. The van der Waals surface area contributed by atoms with E-state index in [1.807, 2.05) is 13.8 Å². The Labute approximate surface area is 128 Å². The largest absolute Gasteiger partial charge is 0.369 e. The number of aromatic nitrogens is 2. The highest BCUT2D eigenvalue weighted by molar-refractivity contribution is 7.90. The minimum Gasteiger partial charge on any atom is -0.369 e. The Bertz CT molecular complexity index is 725. The lowest BCUT2D eigenvalue weighted by Gasteiger charge is -2.09. The van der Waals surface area contributed by atoms with E-state index in [2.05, 4.69) is 26.7 Å². The molecule has 116 valence electrons. The second kappa shape index (κ2) is 6.57. The van der Waals surface area contributed by atoms with E-state index in [9.17, 15) is 8.42 Å². The summed E-state index contributed by atoms with van der Waals surface area (Å²) in [5.74, 6) is 1.53. The summed E-state index contributed by atoms with van der Waals surface area (Å²) in [6.07, 6.45) is 1.81. The van der Waals surface area contributed by atoms with Gasteiger partial charge in [-0.2, -0.15) is 4.98 Å². The van der Waals surface area contributed by atoms with E-state index < -0.39 is 9.84 Å². The number of hydrogen-bond acceptors (Lipinski definition) is 7. The quantitative estimate of drug-likeness (QED) is 0.759. The van der Waals surface area contributed by atoms with E-state index in [0.717, 1.165) is 22.6 Å². The normalized spacial score (nSPS) is 11.8. The van der Waals surface area contributed by atoms with Crippen molar-refractivity contribution in [2.45, 2.75) is 20.3 Å². The van der Waals surface area contributed by atoms with Crippen LogP contribution in [0.5, 0.6) is 0 Å². The standard InChI is InChI=1S/C13H20N4O2S2/c1-4-14-13-16-11(15-6-5-7-21(3,18)19)10-8-9(2)20-12(10)17-13/h8H,4-7H2,1-3H3,(H2,14,15,16,17). The van der Waals surface area contributed by atoms with Crippen LogP contribution < -0.4 is 10.6 Å². The van der Waals surface area contributed by atoms with Crippen molar-refractivity contribution < 1.29 is 8.42 Å². The molecule has 0 saturated heterocycles. The molecule has 0 unspecified atom stereocenters. The van der Waals surface area contributed by atoms with Gasteiger partial charge < -0.3 is 10.6 Å². The zero-order valence-electron chi connectivity index (χ0n) is 12.4. The maximum absolute atomic E-state index is 11.1. The molecule has 0 atom stereocenters. The van der Waals surface area contributed by atoms with Crippen molar-refractivity contribution >= 4 is 43.2 Å². The molecule has 0 aliphatic carbocycles. The highest BCUT2D eigenvalue weighted by Gasteiger charge is 2.10. The van der Waals surface area contributed by atoms with E-state index in [0.29, 0.717) is 18.9 Å². The van der Waals surface area contributed by atoms with Gasteiger partial charge in [0.2, 0.25) is 5.95 Å². The summed E-state index contributed by atoms with van der Waals surface area (Å²) in [4.78, 5) is 11.0. The number of aryl methyl sites for hydroxylation is 1. The summed E-state index contributed by atoms with van der Waals surface area (Å²) in [7, 11) is -2.92. The molecule has 2 aromatic heterocycles. The van der Waals surface area contributed by atoms with Gasteiger partial charge in [-0.1, -0.05) is 0 Å². The van der Waals surface area contributed by atoms with Crippen molar-refractivity contribution in [3.05, 3.63) is 10.9 Å². The maximum atomic E-state index is 11.1. The highest BCUT2D eigenvalue weighted by Crippen LogP contribution is 2.29. The van der Waals surface area contributed by atoms with Crippen LogP contribution in [0.3, 0.4) is 0 Å². The molecule has 8 heteroatoms. The predicted molar refractivity (Wildman–Crippen MR) is 89.1 cm³/mol. The van der Waals surface area contributed by atoms with Crippen LogP contribution in [0.4, 0.5) is 11.8 Å². The molecule has 0 aliphatic heterocycles. The molecular weight excluding hydrogens is 308 g/mol. The lowest BCUT2D eigenvalue weighted by atomic mass is 10.3. The average Bonchev–Trinajstić information content (AvgIpc) is 2.74. The fraction of sp³-hybridized carbons (Fsp3) is 0.538. The minimum absolute atomic E-state index is 0.178. The van der Waals surface area contributed by atoms with Gasteiger partial charge in [-0.25, -0.2) is 13.4 Å². The lowest BCUT2D eigenvalue weighted by Crippen LogP contribution is -2.11. The van der Waals surface area contributed by atoms with Gasteiger partial charge in [-0.05, 0) is 26.3 Å². The molecule has 0 bridgehead atoms. The molecule has 0 fully saturated rings. The Morgan fingerprint density at radius 3 is 2.71 bits per heavy atom. The van der Waals surface area contributed by atoms with Crippen molar-refractivity contribution in [1.29, 1.82) is 0 Å². The number of nitrogens with zero attached hydrogens (tertiary/aromatic N) is 2. The van der Waals surface area contributed by atoms with Crippen LogP contribution in [0.1, 0.15) is 18.2 Å². The van der Waals surface area contributed by atoms with Crippen LogP contribution in [-0.2, 0) is 9.84 Å². The zero-order valence-corrected chi connectivity index (χ0v) is 14.1. The van der Waals surface area contributed by atoms with Gasteiger partial charge in [0.1, 0.15) is 20.5 Å². The molecule has 0 aromatic carbocycles. The van der Waals surface area contributed by atoms with Gasteiger partial charge in [0, 0.05) is 24.2 Å². The third-order valence-corrected chi connectivity index (χ3v) is 4.81. The fourth-order valence-electron chi connectivity index (χ4n) is 1.96. The number of anilines is 2. The van der Waals surface area contributed by atoms with E-state index >= 15 is 0 Å². The number of rotatable bonds is 7. The summed E-state index contributed by atoms with van der Waals surface area (Å²) >= 11 is 1.62. The van der Waals surface area contributed by atoms with Crippen molar-refractivity contribution in [2.24, 2.45) is 0 Å². The Morgan fingerprint density at radius 2 is 2.05 bits per heavy atom. The molecule has 0 spiro atoms. The first kappa shape index (κ1) is 16.0. The summed E-state index contributed by atoms with van der Waals surface area (Å²) in [6, 6.07) is 2.05. The molecule has 2 heterocycles. The van der Waals surface area contributed by atoms with E-state index in [-0.39, 0.29) is 5.75 Å². The minimum atomic E-state index is -2.92. The Kier molecular flexibility index (Phi) is 5.00. The Morgan fingerprint density at radius 1 is 1.29 bits per heavy atom. The van der Waals surface area contributed by atoms with Crippen LogP contribution in [-0.4, -0.2) is 43.5 Å². The van der Waals surface area contributed by atoms with Crippen LogP contribution in [0, 0.1) is 6.92 Å². The Hall–Kier alpha value is -1.41. The lowest BCUT2D eigenvalue weighted by molar-refractivity contribution is 0.600. The third-order valence-electron chi connectivity index (χ3n) is 2.84. The zero-order chi connectivity index (χ0) is 15.5. The summed E-state index contributed by atoms with van der Waals surface area (Å²) in [5, 5.41) is 7.32. The molecule has 0 amide bonds. The van der Waals surface area contributed by atoms with Crippen molar-refractivity contribution in [3.8, 4) is 0 Å². The molecule has 0 radical (unpaired) electrons. The van der Waals surface area contributed by atoms with Gasteiger partial charge in [0.25, 0.3) is 0 Å². The van der Waals surface area contributed by atoms with Crippen LogP contribution >= 0.6 is 11.3 Å². The SMILES string of the molecule is CCNc1nc(NCCCS(C)(=O)=O)c2cc(C)sc2n1. The first-order chi connectivity index (χ1) is 9.89. The first-order valence-electron chi connectivity index (χ1n) is 6.82. The highest BCUT2D eigenvalue weighted by atomic mass is 32.2. The van der Waals surface area contributed by atoms with Crippen molar-refractivity contribution in [1.82, 2.24) is 9.97 Å². The average molecular weight is 328 g/mol. The van der Waals surface area contributed by atoms with Gasteiger partial charge in [0.15, 0.2) is 0 Å². The number of thiophene rings is 1. The number of hydrogen-bond donors (Lipinski definition) is 2.